The summed E-state index contributed by atoms with van der Waals surface area (Å²) in [5.74, 6) is 0.631. The number of nitrogens with zero attached hydrogens (tertiary/aromatic N) is 3. The van der Waals surface area contributed by atoms with Gasteiger partial charge < -0.3 is 9.72 Å². The summed E-state index contributed by atoms with van der Waals surface area (Å²) in [5, 5.41) is 2.51. The second-order valence-corrected chi connectivity index (χ2v) is 4.98. The van der Waals surface area contributed by atoms with Gasteiger partial charge >= 0.3 is 5.69 Å². The number of aromatic nitrogens is 4. The van der Waals surface area contributed by atoms with Crippen LogP contribution in [0.25, 0.3) is 11.2 Å². The molecule has 0 unspecified atom stereocenters. The largest absolute Gasteiger partial charge is 0.497 e. The van der Waals surface area contributed by atoms with Crippen molar-refractivity contribution in [3.63, 3.8) is 0 Å². The second-order valence-electron chi connectivity index (χ2n) is 4.98. The van der Waals surface area contributed by atoms with E-state index in [2.05, 4.69) is 20.3 Å². The molecule has 23 heavy (non-hydrogen) atoms. The molecule has 0 saturated heterocycles. The Hall–Kier alpha value is -3.16. The van der Waals surface area contributed by atoms with Crippen molar-refractivity contribution in [3.8, 4) is 5.75 Å². The highest BCUT2D eigenvalue weighted by atomic mass is 16.5. The lowest BCUT2D eigenvalue weighted by Gasteiger charge is -2.05. The third-order valence-corrected chi connectivity index (χ3v) is 3.30. The monoisotopic (exact) mass is 313 g/mol. The molecule has 8 nitrogen and oxygen atoms in total. The number of ether oxygens (including phenoxy) is 1. The van der Waals surface area contributed by atoms with Crippen LogP contribution in [0.2, 0.25) is 0 Å². The van der Waals surface area contributed by atoms with Gasteiger partial charge in [-0.3, -0.25) is 14.7 Å². The Balaban J connectivity index is 1.99. The summed E-state index contributed by atoms with van der Waals surface area (Å²) >= 11 is 0. The zero-order valence-corrected chi connectivity index (χ0v) is 12.7. The van der Waals surface area contributed by atoms with Gasteiger partial charge in [0.25, 0.3) is 0 Å². The zero-order valence-electron chi connectivity index (χ0n) is 12.7. The first-order chi connectivity index (χ1) is 11.1. The van der Waals surface area contributed by atoms with Crippen LogP contribution in [0.15, 0.2) is 35.3 Å². The molecule has 118 valence electrons. The van der Waals surface area contributed by atoms with Gasteiger partial charge in [-0.25, -0.2) is 9.78 Å². The van der Waals surface area contributed by atoms with Gasteiger partial charge in [-0.1, -0.05) is 12.1 Å². The topological polar surface area (TPSA) is 102 Å². The summed E-state index contributed by atoms with van der Waals surface area (Å²) < 4.78 is 6.61. The van der Waals surface area contributed by atoms with Crippen LogP contribution in [-0.2, 0) is 11.3 Å². The van der Waals surface area contributed by atoms with Crippen LogP contribution in [0.3, 0.4) is 0 Å². The number of hydrogen-bond acceptors (Lipinski definition) is 5. The maximum Gasteiger partial charge on any atom is 0.328 e. The summed E-state index contributed by atoms with van der Waals surface area (Å²) in [6.45, 7) is 1.72. The van der Waals surface area contributed by atoms with Crippen LogP contribution in [0, 0.1) is 0 Å². The number of imidazole rings is 1. The molecule has 2 heterocycles. The van der Waals surface area contributed by atoms with Gasteiger partial charge in [0, 0.05) is 6.92 Å². The highest BCUT2D eigenvalue weighted by Crippen LogP contribution is 2.14. The molecule has 0 aliphatic heterocycles. The Morgan fingerprint density at radius 1 is 1.35 bits per heavy atom. The third-order valence-electron chi connectivity index (χ3n) is 3.30. The molecule has 8 heteroatoms. The fraction of sp³-hybridized carbons (Fsp3) is 0.200. The first kappa shape index (κ1) is 14.8. The third kappa shape index (κ3) is 3.05. The first-order valence-corrected chi connectivity index (χ1v) is 6.93. The van der Waals surface area contributed by atoms with E-state index in [1.165, 1.54) is 17.7 Å². The number of rotatable bonds is 4. The second kappa shape index (κ2) is 5.91. The summed E-state index contributed by atoms with van der Waals surface area (Å²) in [5.41, 5.74) is 1.58. The first-order valence-electron chi connectivity index (χ1n) is 6.93. The summed E-state index contributed by atoms with van der Waals surface area (Å²) in [6, 6.07) is 7.40. The highest BCUT2D eigenvalue weighted by Gasteiger charge is 2.11. The molecule has 0 bridgehead atoms. The van der Waals surface area contributed by atoms with E-state index in [0.29, 0.717) is 17.7 Å². The molecular formula is C15H15N5O3. The molecule has 3 aromatic rings. The Labute approximate surface area is 131 Å². The maximum atomic E-state index is 12.1. The zero-order chi connectivity index (χ0) is 16.4. The van der Waals surface area contributed by atoms with E-state index in [9.17, 15) is 9.59 Å². The average Bonchev–Trinajstić information content (AvgIpc) is 2.83. The van der Waals surface area contributed by atoms with E-state index in [-0.39, 0.29) is 17.5 Å². The summed E-state index contributed by atoms with van der Waals surface area (Å²) in [7, 11) is 1.60. The molecule has 0 fully saturated rings. The minimum absolute atomic E-state index is 0.160. The number of nitrogens with one attached hydrogen (secondary N) is 2. The standard InChI is InChI=1S/C15H15N5O3/c1-9(21)17-14-16-7-12-13(19-14)20(15(22)18-12)8-10-3-5-11(23-2)6-4-10/h3-7H,8H2,1-2H3,(H,18,22)(H,16,17,19,21). The molecule has 2 N–H and O–H groups in total. The van der Waals surface area contributed by atoms with Crippen molar-refractivity contribution in [2.45, 2.75) is 13.5 Å². The normalized spacial score (nSPS) is 10.7. The van der Waals surface area contributed by atoms with Gasteiger partial charge in [0.15, 0.2) is 5.65 Å². The van der Waals surface area contributed by atoms with Crippen molar-refractivity contribution >= 4 is 23.0 Å². The maximum absolute atomic E-state index is 12.1. The number of benzene rings is 1. The molecule has 0 saturated carbocycles. The van der Waals surface area contributed by atoms with E-state index >= 15 is 0 Å². The van der Waals surface area contributed by atoms with Gasteiger partial charge in [-0.05, 0) is 17.7 Å². The lowest BCUT2D eigenvalue weighted by Crippen LogP contribution is -2.18. The minimum atomic E-state index is -0.287. The van der Waals surface area contributed by atoms with Crippen molar-refractivity contribution in [3.05, 3.63) is 46.5 Å². The van der Waals surface area contributed by atoms with Gasteiger partial charge in [-0.15, -0.1) is 0 Å². The molecule has 1 amide bonds. The molecule has 0 aliphatic carbocycles. The van der Waals surface area contributed by atoms with E-state index in [4.69, 9.17) is 4.74 Å². The number of fused-ring (bicyclic) bond motifs is 1. The van der Waals surface area contributed by atoms with Gasteiger partial charge in [0.05, 0.1) is 19.9 Å². The van der Waals surface area contributed by atoms with Crippen molar-refractivity contribution in [1.29, 1.82) is 0 Å². The van der Waals surface area contributed by atoms with Crippen LogP contribution in [0.4, 0.5) is 5.95 Å². The van der Waals surface area contributed by atoms with Crippen molar-refractivity contribution < 1.29 is 9.53 Å². The molecule has 0 spiro atoms. The Kier molecular flexibility index (Phi) is 3.80. The molecule has 0 aliphatic rings. The fourth-order valence-electron chi connectivity index (χ4n) is 2.22. The lowest BCUT2D eigenvalue weighted by atomic mass is 10.2. The van der Waals surface area contributed by atoms with Crippen molar-refractivity contribution in [2.24, 2.45) is 0 Å². The van der Waals surface area contributed by atoms with Gasteiger partial charge in [0.1, 0.15) is 11.3 Å². The number of aromatic amines is 1. The smallest absolute Gasteiger partial charge is 0.328 e. The number of carbonyl (C=O) groups is 1. The van der Waals surface area contributed by atoms with E-state index in [1.54, 1.807) is 7.11 Å². The number of anilines is 1. The minimum Gasteiger partial charge on any atom is -0.497 e. The van der Waals surface area contributed by atoms with Crippen molar-refractivity contribution in [1.82, 2.24) is 19.5 Å². The number of amides is 1. The predicted molar refractivity (Wildman–Crippen MR) is 84.5 cm³/mol. The van der Waals surface area contributed by atoms with Crippen LogP contribution < -0.4 is 15.7 Å². The molecule has 3 rings (SSSR count). The van der Waals surface area contributed by atoms with Gasteiger partial charge in [0.2, 0.25) is 11.9 Å². The molecule has 2 aromatic heterocycles. The Bertz CT molecular complexity index is 911. The Morgan fingerprint density at radius 2 is 2.09 bits per heavy atom. The molecule has 0 radical (unpaired) electrons. The summed E-state index contributed by atoms with van der Waals surface area (Å²) in [6.07, 6.45) is 1.47. The molecular weight excluding hydrogens is 298 g/mol. The van der Waals surface area contributed by atoms with Crippen LogP contribution in [0.1, 0.15) is 12.5 Å². The molecule has 1 aromatic carbocycles. The highest BCUT2D eigenvalue weighted by molar-refractivity contribution is 5.87. The average molecular weight is 313 g/mol. The van der Waals surface area contributed by atoms with Crippen LogP contribution in [0.5, 0.6) is 5.75 Å². The lowest BCUT2D eigenvalue weighted by molar-refractivity contribution is -0.114. The number of carbonyl (C=O) groups excluding carboxylic acids is 1. The van der Waals surface area contributed by atoms with Crippen LogP contribution in [-0.4, -0.2) is 32.5 Å². The SMILES string of the molecule is COc1ccc(Cn2c(=O)[nH]c3cnc(NC(C)=O)nc32)cc1. The van der Waals surface area contributed by atoms with E-state index in [0.717, 1.165) is 11.3 Å². The van der Waals surface area contributed by atoms with Crippen molar-refractivity contribution in [2.75, 3.05) is 12.4 Å². The van der Waals surface area contributed by atoms with Crippen LogP contribution >= 0.6 is 0 Å². The molecule has 0 atom stereocenters. The number of hydrogen-bond donors (Lipinski definition) is 2. The quantitative estimate of drug-likeness (QED) is 0.752. The van der Waals surface area contributed by atoms with Gasteiger partial charge in [-0.2, -0.15) is 4.98 Å². The fourth-order valence-corrected chi connectivity index (χ4v) is 2.22. The predicted octanol–water partition coefficient (Wildman–Crippen LogP) is 1.13. The number of H-pyrrole nitrogens is 1. The van der Waals surface area contributed by atoms with E-state index in [1.807, 2.05) is 24.3 Å². The Morgan fingerprint density at radius 3 is 2.74 bits per heavy atom. The van der Waals surface area contributed by atoms with E-state index < -0.39 is 0 Å². The number of methoxy groups -OCH3 is 1. The summed E-state index contributed by atoms with van der Waals surface area (Å²) in [4.78, 5) is 34.2.